The molecule has 0 aliphatic carbocycles. The van der Waals surface area contributed by atoms with Gasteiger partial charge in [-0.05, 0) is 40.4 Å². The van der Waals surface area contributed by atoms with Gasteiger partial charge >= 0.3 is 0 Å². The number of piperazine rings is 1. The molecule has 2 aromatic heterocycles. The predicted octanol–water partition coefficient (Wildman–Crippen LogP) is 1.05. The molecule has 1 aliphatic rings. The molecule has 1 saturated heterocycles. The fourth-order valence-corrected chi connectivity index (χ4v) is 4.91. The minimum atomic E-state index is 0.152. The Balaban J connectivity index is 1.30. The zero-order valence-electron chi connectivity index (χ0n) is 15.7. The van der Waals surface area contributed by atoms with E-state index >= 15 is 0 Å². The van der Waals surface area contributed by atoms with E-state index in [1.807, 2.05) is 36.1 Å². The van der Waals surface area contributed by atoms with Crippen LogP contribution in [0.4, 0.5) is 0 Å². The number of thiophene rings is 1. The molecule has 1 amide bonds. The molecule has 4 rings (SSSR count). The van der Waals surface area contributed by atoms with Crippen LogP contribution >= 0.6 is 23.1 Å². The average molecular weight is 416 g/mol. The molecule has 0 unspecified atom stereocenters. The molecular weight excluding hydrogens is 392 g/mol. The summed E-state index contributed by atoms with van der Waals surface area (Å²) in [5.74, 6) is 0.506. The third-order valence-electron chi connectivity index (χ3n) is 4.94. The van der Waals surface area contributed by atoms with Gasteiger partial charge in [-0.25, -0.2) is 0 Å². The van der Waals surface area contributed by atoms with Crippen LogP contribution in [0.2, 0.25) is 0 Å². The number of nitrogens with one attached hydrogen (secondary N) is 1. The second kappa shape index (κ2) is 8.85. The first-order valence-electron chi connectivity index (χ1n) is 9.31. The Kier molecular flexibility index (Phi) is 6.04. The molecule has 1 N–H and O–H groups in total. The second-order valence-corrected chi connectivity index (χ2v) is 8.81. The van der Waals surface area contributed by atoms with E-state index in [0.29, 0.717) is 10.9 Å². The lowest BCUT2D eigenvalue weighted by atomic mass is 10.2. The maximum absolute atomic E-state index is 12.7. The molecule has 3 aromatic rings. The lowest BCUT2D eigenvalue weighted by Gasteiger charge is -2.32. The molecule has 7 nitrogen and oxygen atoms in total. The number of hydrogen-bond donors (Lipinski definition) is 1. The molecule has 1 aliphatic heterocycles. The molecule has 9 heteroatoms. The summed E-state index contributed by atoms with van der Waals surface area (Å²) in [4.78, 5) is 17.6. The molecule has 3 heterocycles. The lowest BCUT2D eigenvalue weighted by molar-refractivity contribution is -0.917. The monoisotopic (exact) mass is 415 g/mol. The normalized spacial score (nSPS) is 15.1. The number of quaternary nitrogens is 1. The highest BCUT2D eigenvalue weighted by atomic mass is 32.2. The summed E-state index contributed by atoms with van der Waals surface area (Å²) in [6, 6.07) is 12.2. The maximum Gasteiger partial charge on any atom is 0.233 e. The number of nitrogens with zero attached hydrogens (tertiary/aromatic N) is 5. The molecule has 0 saturated carbocycles. The van der Waals surface area contributed by atoms with Crippen LogP contribution in [0.15, 0.2) is 46.9 Å². The highest BCUT2D eigenvalue weighted by Gasteiger charge is 2.24. The van der Waals surface area contributed by atoms with Crippen LogP contribution in [0.3, 0.4) is 0 Å². The smallest absolute Gasteiger partial charge is 0.233 e. The first kappa shape index (κ1) is 19.1. The Hall–Kier alpha value is -2.23. The number of carbonyl (C=O) groups excluding carboxylic acids is 1. The van der Waals surface area contributed by atoms with Crippen molar-refractivity contribution in [2.75, 3.05) is 31.9 Å². The average Bonchev–Trinajstić information content (AvgIpc) is 3.39. The second-order valence-electron chi connectivity index (χ2n) is 6.84. The third kappa shape index (κ3) is 4.43. The molecule has 0 spiro atoms. The molecular formula is C19H23N6OS2+. The quantitative estimate of drug-likeness (QED) is 0.610. The van der Waals surface area contributed by atoms with Crippen LogP contribution in [0.1, 0.15) is 10.4 Å². The van der Waals surface area contributed by atoms with Crippen LogP contribution in [-0.2, 0) is 11.3 Å². The van der Waals surface area contributed by atoms with E-state index in [0.717, 1.165) is 44.0 Å². The van der Waals surface area contributed by atoms with E-state index < -0.39 is 0 Å². The molecule has 1 aromatic carbocycles. The molecule has 0 atom stereocenters. The van der Waals surface area contributed by atoms with Crippen molar-refractivity contribution in [1.82, 2.24) is 25.1 Å². The van der Waals surface area contributed by atoms with Gasteiger partial charge in [-0.2, -0.15) is 4.68 Å². The number of amides is 1. The minimum absolute atomic E-state index is 0.152. The largest absolute Gasteiger partial charge is 0.331 e. The fourth-order valence-electron chi connectivity index (χ4n) is 3.35. The van der Waals surface area contributed by atoms with Crippen molar-refractivity contribution in [2.24, 2.45) is 0 Å². The fraction of sp³-hybridized carbons (Fsp3) is 0.368. The van der Waals surface area contributed by atoms with Crippen LogP contribution in [0, 0.1) is 6.92 Å². The molecule has 28 heavy (non-hydrogen) atoms. The molecule has 146 valence electrons. The van der Waals surface area contributed by atoms with E-state index in [1.54, 1.807) is 20.9 Å². The zero-order valence-corrected chi connectivity index (χ0v) is 17.4. The predicted molar refractivity (Wildman–Crippen MR) is 110 cm³/mol. The van der Waals surface area contributed by atoms with Crippen LogP contribution in [0.5, 0.6) is 0 Å². The van der Waals surface area contributed by atoms with E-state index in [9.17, 15) is 4.79 Å². The first-order valence-corrected chi connectivity index (χ1v) is 11.2. The van der Waals surface area contributed by atoms with Gasteiger partial charge in [0.05, 0.1) is 42.5 Å². The van der Waals surface area contributed by atoms with E-state index in [4.69, 9.17) is 0 Å². The highest BCUT2D eigenvalue weighted by Crippen LogP contribution is 2.20. The van der Waals surface area contributed by atoms with Crippen LogP contribution in [-0.4, -0.2) is 62.9 Å². The Labute approximate surface area is 172 Å². The number of para-hydroxylation sites is 1. The number of thioether (sulfide) groups is 1. The van der Waals surface area contributed by atoms with Gasteiger partial charge < -0.3 is 9.80 Å². The molecule has 1 fully saturated rings. The Morgan fingerprint density at radius 2 is 2.04 bits per heavy atom. The van der Waals surface area contributed by atoms with Crippen molar-refractivity contribution in [3.05, 3.63) is 52.2 Å². The summed E-state index contributed by atoms with van der Waals surface area (Å²) < 4.78 is 1.70. The van der Waals surface area contributed by atoms with Gasteiger partial charge in [0.25, 0.3) is 0 Å². The summed E-state index contributed by atoms with van der Waals surface area (Å²) in [6.45, 7) is 6.68. The Morgan fingerprint density at radius 3 is 2.79 bits per heavy atom. The van der Waals surface area contributed by atoms with Crippen molar-refractivity contribution >= 4 is 29.0 Å². The lowest BCUT2D eigenvalue weighted by Crippen LogP contribution is -3.13. The number of aryl methyl sites for hydroxylation is 1. The number of rotatable bonds is 6. The maximum atomic E-state index is 12.7. The minimum Gasteiger partial charge on any atom is -0.331 e. The summed E-state index contributed by atoms with van der Waals surface area (Å²) >= 11 is 3.20. The zero-order chi connectivity index (χ0) is 19.3. The number of hydrogen-bond acceptors (Lipinski definition) is 6. The van der Waals surface area contributed by atoms with Crippen molar-refractivity contribution in [3.8, 4) is 5.69 Å². The number of tetrazole rings is 1. The molecule has 0 radical (unpaired) electrons. The van der Waals surface area contributed by atoms with Gasteiger partial charge in [-0.15, -0.1) is 16.4 Å². The Morgan fingerprint density at radius 1 is 1.21 bits per heavy atom. The number of aromatic nitrogens is 4. The number of carbonyl (C=O) groups is 1. The first-order chi connectivity index (χ1) is 13.7. The van der Waals surface area contributed by atoms with Crippen molar-refractivity contribution in [2.45, 2.75) is 18.6 Å². The Bertz CT molecular complexity index is 918. The van der Waals surface area contributed by atoms with Gasteiger partial charge in [0.2, 0.25) is 11.1 Å². The van der Waals surface area contributed by atoms with Gasteiger partial charge in [0.15, 0.2) is 0 Å². The van der Waals surface area contributed by atoms with Gasteiger partial charge in [0.1, 0.15) is 6.54 Å². The highest BCUT2D eigenvalue weighted by molar-refractivity contribution is 7.99. The van der Waals surface area contributed by atoms with Crippen LogP contribution in [0.25, 0.3) is 5.69 Å². The van der Waals surface area contributed by atoms with Gasteiger partial charge in [-0.3, -0.25) is 4.79 Å². The van der Waals surface area contributed by atoms with Crippen LogP contribution < -0.4 is 4.90 Å². The van der Waals surface area contributed by atoms with E-state index in [1.165, 1.54) is 16.6 Å². The van der Waals surface area contributed by atoms with E-state index in [-0.39, 0.29) is 5.91 Å². The summed E-state index contributed by atoms with van der Waals surface area (Å²) in [6.07, 6.45) is 0. The third-order valence-corrected chi connectivity index (χ3v) is 6.72. The van der Waals surface area contributed by atoms with E-state index in [2.05, 4.69) is 33.0 Å². The molecule has 0 bridgehead atoms. The van der Waals surface area contributed by atoms with Crippen molar-refractivity contribution in [3.63, 3.8) is 0 Å². The van der Waals surface area contributed by atoms with Gasteiger partial charge in [-0.1, -0.05) is 36.0 Å². The van der Waals surface area contributed by atoms with Crippen molar-refractivity contribution < 1.29 is 9.69 Å². The topological polar surface area (TPSA) is 68.4 Å². The SMILES string of the molecule is Cc1ccccc1-n1nnnc1SCC(=O)N1CC[NH+](Cc2cccs2)CC1. The van der Waals surface area contributed by atoms with Gasteiger partial charge in [0, 0.05) is 0 Å². The standard InChI is InChI=1S/C19H22N6OS2/c1-15-5-2-3-7-17(15)25-19(20-21-22-25)28-14-18(26)24-10-8-23(9-11-24)13-16-6-4-12-27-16/h2-7,12H,8-11,13-14H2,1H3/p+1. The summed E-state index contributed by atoms with van der Waals surface area (Å²) in [5.41, 5.74) is 2.03. The number of benzene rings is 1. The summed E-state index contributed by atoms with van der Waals surface area (Å²) in [5, 5.41) is 14.7. The van der Waals surface area contributed by atoms with Crippen molar-refractivity contribution in [1.29, 1.82) is 0 Å². The summed E-state index contributed by atoms with van der Waals surface area (Å²) in [7, 11) is 0.